The van der Waals surface area contributed by atoms with Crippen LogP contribution in [-0.4, -0.2) is 39.1 Å². The van der Waals surface area contributed by atoms with Gasteiger partial charge in [-0.3, -0.25) is 4.79 Å². The van der Waals surface area contributed by atoms with Gasteiger partial charge in [-0.15, -0.1) is 0 Å². The first kappa shape index (κ1) is 15.3. The van der Waals surface area contributed by atoms with Crippen molar-refractivity contribution < 1.29 is 14.6 Å². The fourth-order valence-corrected chi connectivity index (χ4v) is 3.76. The summed E-state index contributed by atoms with van der Waals surface area (Å²) in [6.45, 7) is 1.23. The molecule has 1 aromatic carbocycles. The average molecular weight is 327 g/mol. The smallest absolute Gasteiger partial charge is 0.325 e. The van der Waals surface area contributed by atoms with Crippen molar-refractivity contribution in [1.82, 2.24) is 14.8 Å². The first-order chi connectivity index (χ1) is 11.7. The lowest BCUT2D eigenvalue weighted by Gasteiger charge is -2.08. The molecule has 6 heteroatoms. The Morgan fingerprint density at radius 3 is 2.67 bits per heavy atom. The largest absolute Gasteiger partial charge is 0.480 e. The highest BCUT2D eigenvalue weighted by Crippen LogP contribution is 2.29. The van der Waals surface area contributed by atoms with Crippen LogP contribution in [0.1, 0.15) is 35.1 Å². The van der Waals surface area contributed by atoms with E-state index in [9.17, 15) is 4.79 Å². The number of aliphatic carboxylic acids is 1. The van der Waals surface area contributed by atoms with Crippen LogP contribution in [0.25, 0.3) is 0 Å². The van der Waals surface area contributed by atoms with E-state index in [0.717, 1.165) is 43.9 Å². The summed E-state index contributed by atoms with van der Waals surface area (Å²) in [5.74, 6) is 1.30. The minimum absolute atomic E-state index is 0.129. The second-order valence-electron chi connectivity index (χ2n) is 6.75. The Balaban J connectivity index is 1.54. The molecule has 0 saturated carbocycles. The van der Waals surface area contributed by atoms with Crippen LogP contribution in [0.5, 0.6) is 0 Å². The van der Waals surface area contributed by atoms with Crippen molar-refractivity contribution in [2.24, 2.45) is 5.92 Å². The van der Waals surface area contributed by atoms with E-state index in [1.165, 1.54) is 11.1 Å². The van der Waals surface area contributed by atoms with Gasteiger partial charge in [-0.2, -0.15) is 5.10 Å². The number of hydrogen-bond acceptors (Lipinski definition) is 4. The summed E-state index contributed by atoms with van der Waals surface area (Å²) in [5.41, 5.74) is 2.80. The molecule has 1 atom stereocenters. The zero-order chi connectivity index (χ0) is 16.5. The summed E-state index contributed by atoms with van der Waals surface area (Å²) >= 11 is 0. The van der Waals surface area contributed by atoms with Gasteiger partial charge in [0.05, 0.1) is 6.61 Å². The number of benzene rings is 1. The van der Waals surface area contributed by atoms with Gasteiger partial charge >= 0.3 is 5.97 Å². The zero-order valence-electron chi connectivity index (χ0n) is 13.5. The second-order valence-corrected chi connectivity index (χ2v) is 6.75. The molecule has 24 heavy (non-hydrogen) atoms. The van der Waals surface area contributed by atoms with Gasteiger partial charge in [0.1, 0.15) is 12.4 Å². The van der Waals surface area contributed by atoms with E-state index in [0.29, 0.717) is 12.5 Å². The number of ether oxygens (including phenoxy) is 1. The number of fused-ring (bicyclic) bond motifs is 1. The van der Waals surface area contributed by atoms with E-state index in [1.807, 2.05) is 0 Å². The fraction of sp³-hybridized carbons (Fsp3) is 0.500. The number of aromatic nitrogens is 3. The second kappa shape index (κ2) is 6.36. The molecular formula is C18H21N3O3. The van der Waals surface area contributed by atoms with Crippen LogP contribution in [-0.2, 0) is 35.3 Å². The monoisotopic (exact) mass is 327 g/mol. The van der Waals surface area contributed by atoms with Crippen LogP contribution in [0.15, 0.2) is 24.3 Å². The molecule has 6 nitrogen and oxygen atoms in total. The molecule has 1 N–H and O–H groups in total. The normalized spacial score (nSPS) is 20.4. The predicted molar refractivity (Wildman–Crippen MR) is 86.9 cm³/mol. The lowest BCUT2D eigenvalue weighted by molar-refractivity contribution is -0.137. The van der Waals surface area contributed by atoms with E-state index in [2.05, 4.69) is 34.3 Å². The number of carboxylic acid groups (broad SMARTS) is 1. The van der Waals surface area contributed by atoms with Crippen molar-refractivity contribution >= 4 is 5.97 Å². The Morgan fingerprint density at radius 2 is 2.04 bits per heavy atom. The van der Waals surface area contributed by atoms with Crippen molar-refractivity contribution in [3.63, 3.8) is 0 Å². The SMILES string of the molecule is O=C(O)Cn1nc([C@H]2CCOC2)nc1CC1Cc2ccccc2C1. The molecule has 2 heterocycles. The van der Waals surface area contributed by atoms with Crippen LogP contribution in [0, 0.1) is 5.92 Å². The summed E-state index contributed by atoms with van der Waals surface area (Å²) in [6.07, 6.45) is 3.73. The van der Waals surface area contributed by atoms with Gasteiger partial charge in [0, 0.05) is 18.9 Å². The van der Waals surface area contributed by atoms with Crippen molar-refractivity contribution in [2.75, 3.05) is 13.2 Å². The Morgan fingerprint density at radius 1 is 1.29 bits per heavy atom. The Labute approximate surface area is 140 Å². The minimum Gasteiger partial charge on any atom is -0.480 e. The Bertz CT molecular complexity index is 725. The summed E-state index contributed by atoms with van der Waals surface area (Å²) < 4.78 is 6.98. The van der Waals surface area contributed by atoms with Gasteiger partial charge < -0.3 is 9.84 Å². The molecule has 1 saturated heterocycles. The highest BCUT2D eigenvalue weighted by atomic mass is 16.5. The predicted octanol–water partition coefficient (Wildman–Crippen LogP) is 1.82. The number of rotatable bonds is 5. The lowest BCUT2D eigenvalue weighted by atomic mass is 10.0. The van der Waals surface area contributed by atoms with Gasteiger partial charge in [-0.1, -0.05) is 24.3 Å². The molecule has 2 aromatic rings. The van der Waals surface area contributed by atoms with Crippen LogP contribution >= 0.6 is 0 Å². The molecule has 0 spiro atoms. The average Bonchev–Trinajstić information content (AvgIpc) is 3.26. The number of carboxylic acids is 1. The number of hydrogen-bond donors (Lipinski definition) is 1. The van der Waals surface area contributed by atoms with Gasteiger partial charge in [-0.05, 0) is 36.3 Å². The molecule has 1 aromatic heterocycles. The van der Waals surface area contributed by atoms with Crippen LogP contribution in [0.3, 0.4) is 0 Å². The molecule has 0 bridgehead atoms. The maximum atomic E-state index is 11.2. The van der Waals surface area contributed by atoms with Crippen molar-refractivity contribution in [2.45, 2.75) is 38.1 Å². The Kier molecular flexibility index (Phi) is 4.06. The maximum Gasteiger partial charge on any atom is 0.325 e. The standard InChI is InChI=1S/C18H21N3O3/c22-17(23)10-21-16(19-18(20-21)15-5-6-24-11-15)9-12-7-13-3-1-2-4-14(13)8-12/h1-4,12,15H,5-11H2,(H,22,23)/t15-/m0/s1. The maximum absolute atomic E-state index is 11.2. The highest BCUT2D eigenvalue weighted by Gasteiger charge is 2.27. The molecule has 1 aliphatic heterocycles. The quantitative estimate of drug-likeness (QED) is 0.906. The van der Waals surface area contributed by atoms with E-state index in [-0.39, 0.29) is 12.5 Å². The fourth-order valence-electron chi connectivity index (χ4n) is 3.76. The highest BCUT2D eigenvalue weighted by molar-refractivity contribution is 5.66. The number of carbonyl (C=O) groups is 1. The van der Waals surface area contributed by atoms with Gasteiger partial charge in [0.25, 0.3) is 0 Å². The lowest BCUT2D eigenvalue weighted by Crippen LogP contribution is -2.16. The van der Waals surface area contributed by atoms with Crippen LogP contribution < -0.4 is 0 Å². The van der Waals surface area contributed by atoms with E-state index < -0.39 is 5.97 Å². The zero-order valence-corrected chi connectivity index (χ0v) is 13.5. The summed E-state index contributed by atoms with van der Waals surface area (Å²) in [6, 6.07) is 8.51. The van der Waals surface area contributed by atoms with Gasteiger partial charge in [0.15, 0.2) is 5.82 Å². The molecular weight excluding hydrogens is 306 g/mol. The van der Waals surface area contributed by atoms with E-state index in [1.54, 1.807) is 4.68 Å². The first-order valence-electron chi connectivity index (χ1n) is 8.49. The Hall–Kier alpha value is -2.21. The number of nitrogens with zero attached hydrogens (tertiary/aromatic N) is 3. The molecule has 0 radical (unpaired) electrons. The van der Waals surface area contributed by atoms with Crippen LogP contribution in [0.4, 0.5) is 0 Å². The van der Waals surface area contributed by atoms with Gasteiger partial charge in [-0.25, -0.2) is 9.67 Å². The molecule has 0 unspecified atom stereocenters. The van der Waals surface area contributed by atoms with Crippen molar-refractivity contribution in [3.8, 4) is 0 Å². The van der Waals surface area contributed by atoms with Crippen molar-refractivity contribution in [1.29, 1.82) is 0 Å². The summed E-state index contributed by atoms with van der Waals surface area (Å²) in [7, 11) is 0. The molecule has 126 valence electrons. The van der Waals surface area contributed by atoms with Gasteiger partial charge in [0.2, 0.25) is 0 Å². The first-order valence-corrected chi connectivity index (χ1v) is 8.49. The minimum atomic E-state index is -0.884. The third-order valence-corrected chi connectivity index (χ3v) is 4.95. The van der Waals surface area contributed by atoms with E-state index >= 15 is 0 Å². The summed E-state index contributed by atoms with van der Waals surface area (Å²) in [5, 5.41) is 13.6. The molecule has 1 fully saturated rings. The van der Waals surface area contributed by atoms with Crippen LogP contribution in [0.2, 0.25) is 0 Å². The topological polar surface area (TPSA) is 77.2 Å². The van der Waals surface area contributed by atoms with E-state index in [4.69, 9.17) is 9.84 Å². The summed E-state index contributed by atoms with van der Waals surface area (Å²) in [4.78, 5) is 15.8. The molecule has 4 rings (SSSR count). The molecule has 0 amide bonds. The third kappa shape index (κ3) is 3.06. The third-order valence-electron chi connectivity index (χ3n) is 4.95. The molecule has 2 aliphatic rings. The van der Waals surface area contributed by atoms with Crippen molar-refractivity contribution in [3.05, 3.63) is 47.0 Å². The molecule has 1 aliphatic carbocycles.